The second-order valence-corrected chi connectivity index (χ2v) is 5.57. The molecule has 0 aliphatic carbocycles. The first-order valence-electron chi connectivity index (χ1n) is 6.04. The third-order valence-corrected chi connectivity index (χ3v) is 3.57. The van der Waals surface area contributed by atoms with Crippen LogP contribution in [-0.4, -0.2) is 5.78 Å². The van der Waals surface area contributed by atoms with E-state index >= 15 is 0 Å². The van der Waals surface area contributed by atoms with E-state index in [9.17, 15) is 4.79 Å². The normalized spacial score (nSPS) is 10.3. The van der Waals surface area contributed by atoms with Crippen LogP contribution in [-0.2, 0) is 17.6 Å². The number of hydrogen-bond acceptors (Lipinski definition) is 1. The Morgan fingerprint density at radius 3 is 2.22 bits per heavy atom. The zero-order valence-corrected chi connectivity index (χ0v) is 12.3. The molecule has 0 heterocycles. The van der Waals surface area contributed by atoms with Crippen molar-refractivity contribution < 1.29 is 4.79 Å². The van der Waals surface area contributed by atoms with Crippen LogP contribution in [0, 0.1) is 3.57 Å². The first-order valence-corrected chi connectivity index (χ1v) is 7.12. The Morgan fingerprint density at radius 2 is 1.56 bits per heavy atom. The molecule has 0 amide bonds. The quantitative estimate of drug-likeness (QED) is 0.744. The molecule has 2 aromatic carbocycles. The van der Waals surface area contributed by atoms with Crippen molar-refractivity contribution in [1.29, 1.82) is 0 Å². The number of carbonyl (C=O) groups excluding carboxylic acids is 1. The molecule has 0 atom stereocenters. The van der Waals surface area contributed by atoms with E-state index in [1.807, 2.05) is 42.5 Å². The van der Waals surface area contributed by atoms with Gasteiger partial charge in [0.2, 0.25) is 0 Å². The predicted octanol–water partition coefficient (Wildman–Crippen LogP) is 4.04. The first-order chi connectivity index (χ1) is 8.74. The van der Waals surface area contributed by atoms with Gasteiger partial charge in [0.1, 0.15) is 5.78 Å². The van der Waals surface area contributed by atoms with E-state index in [0.29, 0.717) is 18.6 Å². The van der Waals surface area contributed by atoms with Crippen LogP contribution in [0.25, 0.3) is 0 Å². The lowest BCUT2D eigenvalue weighted by atomic mass is 10.0. The summed E-state index contributed by atoms with van der Waals surface area (Å²) in [5.74, 6) is 0.306. The molecule has 0 aliphatic heterocycles. The first kappa shape index (κ1) is 13.3. The number of carbonyl (C=O) groups is 1. The molecular weight excluding hydrogens is 335 g/mol. The highest BCUT2D eigenvalue weighted by atomic mass is 127. The van der Waals surface area contributed by atoms with E-state index in [1.54, 1.807) is 0 Å². The van der Waals surface area contributed by atoms with E-state index in [2.05, 4.69) is 34.7 Å². The minimum atomic E-state index is 0.306. The second kappa shape index (κ2) is 6.69. The fraction of sp³-hybridized carbons (Fsp3) is 0.188. The van der Waals surface area contributed by atoms with Gasteiger partial charge in [0, 0.05) is 16.4 Å². The lowest BCUT2D eigenvalue weighted by Gasteiger charge is -2.02. The number of hydrogen-bond donors (Lipinski definition) is 0. The maximum absolute atomic E-state index is 11.9. The zero-order chi connectivity index (χ0) is 12.8. The van der Waals surface area contributed by atoms with Crippen LogP contribution in [0.3, 0.4) is 0 Å². The van der Waals surface area contributed by atoms with E-state index in [4.69, 9.17) is 0 Å². The SMILES string of the molecule is O=C(CCc1ccccc1)Cc1ccc(I)cc1. The number of Topliss-reactive ketones (excluding diaryl/α,β-unsaturated/α-hetero) is 1. The molecule has 2 aromatic rings. The van der Waals surface area contributed by atoms with Gasteiger partial charge in [-0.15, -0.1) is 0 Å². The van der Waals surface area contributed by atoms with Crippen molar-refractivity contribution in [2.45, 2.75) is 19.3 Å². The van der Waals surface area contributed by atoms with Crippen LogP contribution in [0.2, 0.25) is 0 Å². The van der Waals surface area contributed by atoms with Crippen LogP contribution in [0.15, 0.2) is 54.6 Å². The molecule has 2 rings (SSSR count). The van der Waals surface area contributed by atoms with Gasteiger partial charge in [-0.25, -0.2) is 0 Å². The molecule has 0 N–H and O–H groups in total. The summed E-state index contributed by atoms with van der Waals surface area (Å²) in [7, 11) is 0. The fourth-order valence-electron chi connectivity index (χ4n) is 1.85. The maximum atomic E-state index is 11.9. The van der Waals surface area contributed by atoms with Crippen LogP contribution >= 0.6 is 22.6 Å². The van der Waals surface area contributed by atoms with Crippen LogP contribution in [0.4, 0.5) is 0 Å². The van der Waals surface area contributed by atoms with Gasteiger partial charge < -0.3 is 0 Å². The molecule has 0 spiro atoms. The predicted molar refractivity (Wildman–Crippen MR) is 82.6 cm³/mol. The van der Waals surface area contributed by atoms with Gasteiger partial charge in [-0.2, -0.15) is 0 Å². The Morgan fingerprint density at radius 1 is 0.889 bits per heavy atom. The number of benzene rings is 2. The Kier molecular flexibility index (Phi) is 4.93. The third-order valence-electron chi connectivity index (χ3n) is 2.85. The Bertz CT molecular complexity index is 502. The van der Waals surface area contributed by atoms with Gasteiger partial charge >= 0.3 is 0 Å². The average molecular weight is 350 g/mol. The number of aryl methyl sites for hydroxylation is 1. The van der Waals surface area contributed by atoms with Gasteiger partial charge in [-0.3, -0.25) is 4.79 Å². The van der Waals surface area contributed by atoms with Gasteiger partial charge in [0.25, 0.3) is 0 Å². The maximum Gasteiger partial charge on any atom is 0.137 e. The van der Waals surface area contributed by atoms with E-state index < -0.39 is 0 Å². The van der Waals surface area contributed by atoms with Crippen molar-refractivity contribution in [2.24, 2.45) is 0 Å². The lowest BCUT2D eigenvalue weighted by molar-refractivity contribution is -0.118. The summed E-state index contributed by atoms with van der Waals surface area (Å²) in [6, 6.07) is 18.3. The summed E-state index contributed by atoms with van der Waals surface area (Å²) in [6.45, 7) is 0. The Hall–Kier alpha value is -1.16. The Balaban J connectivity index is 1.84. The molecule has 92 valence electrons. The van der Waals surface area contributed by atoms with Crippen molar-refractivity contribution >= 4 is 28.4 Å². The zero-order valence-electron chi connectivity index (χ0n) is 10.1. The minimum absolute atomic E-state index is 0.306. The molecule has 2 heteroatoms. The van der Waals surface area contributed by atoms with E-state index in [0.717, 1.165) is 12.0 Å². The minimum Gasteiger partial charge on any atom is -0.299 e. The molecular formula is C16H15IO. The van der Waals surface area contributed by atoms with Gasteiger partial charge in [-0.05, 0) is 52.3 Å². The summed E-state index contributed by atoms with van der Waals surface area (Å²) >= 11 is 2.27. The summed E-state index contributed by atoms with van der Waals surface area (Å²) in [6.07, 6.45) is 2.00. The number of halogens is 1. The molecule has 0 radical (unpaired) electrons. The molecule has 1 nitrogen and oxygen atoms in total. The van der Waals surface area contributed by atoms with Gasteiger partial charge in [0.15, 0.2) is 0 Å². The molecule has 0 saturated carbocycles. The molecule has 0 aliphatic rings. The van der Waals surface area contributed by atoms with Crippen molar-refractivity contribution in [3.8, 4) is 0 Å². The van der Waals surface area contributed by atoms with Crippen LogP contribution in [0.5, 0.6) is 0 Å². The van der Waals surface area contributed by atoms with Crippen molar-refractivity contribution in [1.82, 2.24) is 0 Å². The number of rotatable bonds is 5. The molecule has 0 fully saturated rings. The average Bonchev–Trinajstić information content (AvgIpc) is 2.40. The van der Waals surface area contributed by atoms with Crippen molar-refractivity contribution in [3.05, 3.63) is 69.3 Å². The molecule has 0 saturated heterocycles. The van der Waals surface area contributed by atoms with E-state index in [-0.39, 0.29) is 0 Å². The topological polar surface area (TPSA) is 17.1 Å². The molecule has 0 aromatic heterocycles. The smallest absolute Gasteiger partial charge is 0.137 e. The fourth-order valence-corrected chi connectivity index (χ4v) is 2.21. The summed E-state index contributed by atoms with van der Waals surface area (Å²) in [5.41, 5.74) is 2.34. The monoisotopic (exact) mass is 350 g/mol. The largest absolute Gasteiger partial charge is 0.299 e. The highest BCUT2D eigenvalue weighted by Gasteiger charge is 2.04. The lowest BCUT2D eigenvalue weighted by Crippen LogP contribution is -2.04. The second-order valence-electron chi connectivity index (χ2n) is 4.33. The highest BCUT2D eigenvalue weighted by molar-refractivity contribution is 14.1. The third kappa shape index (κ3) is 4.26. The van der Waals surface area contributed by atoms with Crippen molar-refractivity contribution in [2.75, 3.05) is 0 Å². The van der Waals surface area contributed by atoms with E-state index in [1.165, 1.54) is 9.13 Å². The Labute approximate surface area is 121 Å². The molecule has 0 unspecified atom stereocenters. The molecule has 18 heavy (non-hydrogen) atoms. The summed E-state index contributed by atoms with van der Waals surface area (Å²) in [4.78, 5) is 11.9. The standard InChI is InChI=1S/C16H15IO/c17-15-9-6-14(7-10-15)12-16(18)11-8-13-4-2-1-3-5-13/h1-7,9-10H,8,11-12H2. The number of ketones is 1. The summed E-state index contributed by atoms with van der Waals surface area (Å²) < 4.78 is 1.20. The van der Waals surface area contributed by atoms with Crippen molar-refractivity contribution in [3.63, 3.8) is 0 Å². The van der Waals surface area contributed by atoms with Gasteiger partial charge in [0.05, 0.1) is 0 Å². The van der Waals surface area contributed by atoms with Crippen LogP contribution in [0.1, 0.15) is 17.5 Å². The highest BCUT2D eigenvalue weighted by Crippen LogP contribution is 2.09. The van der Waals surface area contributed by atoms with Gasteiger partial charge in [-0.1, -0.05) is 42.5 Å². The summed E-state index contributed by atoms with van der Waals surface area (Å²) in [5, 5.41) is 0. The van der Waals surface area contributed by atoms with Crippen LogP contribution < -0.4 is 0 Å². The molecule has 0 bridgehead atoms.